The van der Waals surface area contributed by atoms with Crippen LogP contribution in [0.25, 0.3) is 0 Å². The molecule has 2 aliphatic rings. The first-order valence-electron chi connectivity index (χ1n) is 7.48. The van der Waals surface area contributed by atoms with Crippen LogP contribution in [-0.4, -0.2) is 47.9 Å². The molecule has 0 atom stereocenters. The second-order valence-electron chi connectivity index (χ2n) is 5.86. The quantitative estimate of drug-likeness (QED) is 0.824. The number of nitrogens with one attached hydrogen (secondary N) is 1. The number of carboxylic acid groups (broad SMARTS) is 1. The highest BCUT2D eigenvalue weighted by atomic mass is 16.4. The van der Waals surface area contributed by atoms with Crippen LogP contribution in [0.2, 0.25) is 0 Å². The van der Waals surface area contributed by atoms with Crippen molar-refractivity contribution in [3.8, 4) is 0 Å². The van der Waals surface area contributed by atoms with Gasteiger partial charge in [0.25, 0.3) is 0 Å². The number of likely N-dealkylation sites (tertiary alicyclic amines) is 1. The molecule has 2 N–H and O–H groups in total. The maximum Gasteiger partial charge on any atom is 0.306 e. The summed E-state index contributed by atoms with van der Waals surface area (Å²) in [7, 11) is 0. The number of carboxylic acids is 1. The summed E-state index contributed by atoms with van der Waals surface area (Å²) < 4.78 is 0. The van der Waals surface area contributed by atoms with Crippen LogP contribution in [-0.2, 0) is 11.2 Å². The number of anilines is 1. The third-order valence-electron chi connectivity index (χ3n) is 4.44. The zero-order chi connectivity index (χ0) is 14.8. The van der Waals surface area contributed by atoms with Gasteiger partial charge in [0, 0.05) is 17.8 Å². The molecule has 1 aromatic rings. The highest BCUT2D eigenvalue weighted by molar-refractivity contribution is 5.98. The Morgan fingerprint density at radius 2 is 2.05 bits per heavy atom. The van der Waals surface area contributed by atoms with E-state index in [4.69, 9.17) is 5.11 Å². The number of Topliss-reactive ketones (excluding diaryl/α,β-unsaturated/α-hetero) is 1. The number of hydrogen-bond acceptors (Lipinski definition) is 4. The summed E-state index contributed by atoms with van der Waals surface area (Å²) in [4.78, 5) is 25.3. The largest absolute Gasteiger partial charge is 0.481 e. The van der Waals surface area contributed by atoms with Crippen LogP contribution in [0.15, 0.2) is 18.2 Å². The Morgan fingerprint density at radius 3 is 2.76 bits per heavy atom. The van der Waals surface area contributed by atoms with Crippen molar-refractivity contribution in [1.29, 1.82) is 0 Å². The molecule has 112 valence electrons. The van der Waals surface area contributed by atoms with Gasteiger partial charge >= 0.3 is 5.97 Å². The molecule has 0 aromatic heterocycles. The first-order valence-corrected chi connectivity index (χ1v) is 7.48. The zero-order valence-electron chi connectivity index (χ0n) is 12.0. The molecule has 5 heteroatoms. The highest BCUT2D eigenvalue weighted by Crippen LogP contribution is 2.24. The lowest BCUT2D eigenvalue weighted by Crippen LogP contribution is -2.39. The van der Waals surface area contributed by atoms with Gasteiger partial charge in [0.15, 0.2) is 5.78 Å². The molecule has 2 heterocycles. The van der Waals surface area contributed by atoms with E-state index in [-0.39, 0.29) is 11.7 Å². The van der Waals surface area contributed by atoms with Crippen molar-refractivity contribution in [2.45, 2.75) is 19.3 Å². The molecule has 5 nitrogen and oxygen atoms in total. The van der Waals surface area contributed by atoms with Gasteiger partial charge in [0.05, 0.1) is 12.5 Å². The van der Waals surface area contributed by atoms with E-state index in [1.165, 1.54) is 5.56 Å². The number of hydrogen-bond donors (Lipinski definition) is 2. The summed E-state index contributed by atoms with van der Waals surface area (Å²) in [6.45, 7) is 2.71. The molecule has 1 aromatic carbocycles. The fraction of sp³-hybridized carbons (Fsp3) is 0.500. The minimum Gasteiger partial charge on any atom is -0.481 e. The Labute approximate surface area is 123 Å². The normalized spacial score (nSPS) is 19.0. The Hall–Kier alpha value is -1.88. The molecule has 0 unspecified atom stereocenters. The predicted octanol–water partition coefficient (Wildman–Crippen LogP) is 1.63. The van der Waals surface area contributed by atoms with Crippen molar-refractivity contribution in [2.24, 2.45) is 5.92 Å². The Kier molecular flexibility index (Phi) is 3.92. The molecule has 0 aliphatic carbocycles. The van der Waals surface area contributed by atoms with E-state index in [9.17, 15) is 9.59 Å². The number of nitrogens with zero attached hydrogens (tertiary/aromatic N) is 1. The van der Waals surface area contributed by atoms with Gasteiger partial charge in [0.1, 0.15) is 0 Å². The first kappa shape index (κ1) is 14.1. The van der Waals surface area contributed by atoms with Gasteiger partial charge in [-0.25, -0.2) is 0 Å². The Balaban J connectivity index is 1.58. The Bertz CT molecular complexity index is 563. The molecule has 1 fully saturated rings. The molecule has 3 rings (SSSR count). The lowest BCUT2D eigenvalue weighted by molar-refractivity contribution is -0.143. The minimum absolute atomic E-state index is 0.124. The van der Waals surface area contributed by atoms with Crippen LogP contribution < -0.4 is 5.32 Å². The molecule has 0 saturated carbocycles. The summed E-state index contributed by atoms with van der Waals surface area (Å²) in [6, 6.07) is 5.84. The number of carbonyl (C=O) groups excluding carboxylic acids is 1. The minimum atomic E-state index is -0.716. The average Bonchev–Trinajstić information content (AvgIpc) is 2.95. The number of benzene rings is 1. The van der Waals surface area contributed by atoms with E-state index in [0.29, 0.717) is 32.5 Å². The van der Waals surface area contributed by atoms with Crippen LogP contribution in [0.5, 0.6) is 0 Å². The van der Waals surface area contributed by atoms with Crippen LogP contribution in [0.4, 0.5) is 5.69 Å². The monoisotopic (exact) mass is 288 g/mol. The fourth-order valence-corrected chi connectivity index (χ4v) is 3.11. The number of aliphatic carboxylic acids is 1. The fourth-order valence-electron chi connectivity index (χ4n) is 3.11. The van der Waals surface area contributed by atoms with Crippen molar-refractivity contribution < 1.29 is 14.7 Å². The maximum absolute atomic E-state index is 12.3. The van der Waals surface area contributed by atoms with Crippen molar-refractivity contribution in [2.75, 3.05) is 31.5 Å². The van der Waals surface area contributed by atoms with Crippen molar-refractivity contribution in [1.82, 2.24) is 4.90 Å². The van der Waals surface area contributed by atoms with Gasteiger partial charge in [-0.1, -0.05) is 0 Å². The maximum atomic E-state index is 12.3. The number of fused-ring (bicyclic) bond motifs is 1. The first-order chi connectivity index (χ1) is 10.1. The lowest BCUT2D eigenvalue weighted by atomic mass is 9.96. The van der Waals surface area contributed by atoms with Gasteiger partial charge in [0.2, 0.25) is 0 Å². The summed E-state index contributed by atoms with van der Waals surface area (Å²) in [5, 5.41) is 12.3. The molecule has 0 amide bonds. The van der Waals surface area contributed by atoms with Crippen LogP contribution in [0, 0.1) is 5.92 Å². The molecule has 0 bridgehead atoms. The predicted molar refractivity (Wildman–Crippen MR) is 79.8 cm³/mol. The SMILES string of the molecule is O=C(CN1CCC(C(=O)O)CC1)c1ccc2c(c1)CCN2. The van der Waals surface area contributed by atoms with Crippen molar-refractivity contribution in [3.63, 3.8) is 0 Å². The topological polar surface area (TPSA) is 69.6 Å². The molecule has 2 aliphatic heterocycles. The third-order valence-corrected chi connectivity index (χ3v) is 4.44. The highest BCUT2D eigenvalue weighted by Gasteiger charge is 2.25. The second-order valence-corrected chi connectivity index (χ2v) is 5.86. The summed E-state index contributed by atoms with van der Waals surface area (Å²) in [5.41, 5.74) is 3.11. The van der Waals surface area contributed by atoms with Crippen LogP contribution in [0.1, 0.15) is 28.8 Å². The van der Waals surface area contributed by atoms with Crippen LogP contribution in [0.3, 0.4) is 0 Å². The van der Waals surface area contributed by atoms with Gasteiger partial charge in [-0.15, -0.1) is 0 Å². The number of piperidine rings is 1. The second kappa shape index (κ2) is 5.85. The van der Waals surface area contributed by atoms with E-state index in [2.05, 4.69) is 10.2 Å². The van der Waals surface area contributed by atoms with Crippen molar-refractivity contribution in [3.05, 3.63) is 29.3 Å². The van der Waals surface area contributed by atoms with E-state index >= 15 is 0 Å². The number of rotatable bonds is 4. The molecule has 0 spiro atoms. The van der Waals surface area contributed by atoms with Crippen LogP contribution >= 0.6 is 0 Å². The lowest BCUT2D eigenvalue weighted by Gasteiger charge is -2.29. The standard InChI is InChI=1S/C16H20N2O3/c19-15(10-18-7-4-11(5-8-18)16(20)21)13-1-2-14-12(9-13)3-6-17-14/h1-2,9,11,17H,3-8,10H2,(H,20,21). The molecular formula is C16H20N2O3. The van der Waals surface area contributed by atoms with Gasteiger partial charge in [-0.05, 0) is 56.1 Å². The zero-order valence-corrected chi connectivity index (χ0v) is 12.0. The summed E-state index contributed by atoms with van der Waals surface area (Å²) in [5.74, 6) is -0.840. The van der Waals surface area contributed by atoms with E-state index in [0.717, 1.165) is 24.2 Å². The smallest absolute Gasteiger partial charge is 0.306 e. The number of ketones is 1. The molecule has 1 saturated heterocycles. The Morgan fingerprint density at radius 1 is 1.29 bits per heavy atom. The third kappa shape index (κ3) is 3.08. The summed E-state index contributed by atoms with van der Waals surface area (Å²) in [6.07, 6.45) is 2.24. The van der Waals surface area contributed by atoms with Gasteiger partial charge < -0.3 is 10.4 Å². The molecular weight excluding hydrogens is 268 g/mol. The van der Waals surface area contributed by atoms with Gasteiger partial charge in [-0.3, -0.25) is 14.5 Å². The van der Waals surface area contributed by atoms with E-state index in [1.807, 2.05) is 18.2 Å². The molecule has 21 heavy (non-hydrogen) atoms. The average molecular weight is 288 g/mol. The number of carbonyl (C=O) groups is 2. The van der Waals surface area contributed by atoms with E-state index < -0.39 is 5.97 Å². The molecule has 0 radical (unpaired) electrons. The van der Waals surface area contributed by atoms with Crippen molar-refractivity contribution >= 4 is 17.4 Å². The van der Waals surface area contributed by atoms with E-state index in [1.54, 1.807) is 0 Å². The van der Waals surface area contributed by atoms with Gasteiger partial charge in [-0.2, -0.15) is 0 Å². The summed E-state index contributed by atoms with van der Waals surface area (Å²) >= 11 is 0.